The van der Waals surface area contributed by atoms with Gasteiger partial charge in [-0.3, -0.25) is 34.7 Å². The smallest absolute Gasteiger partial charge is 0.408 e. The summed E-state index contributed by atoms with van der Waals surface area (Å²) in [4.78, 5) is 79.8. The lowest BCUT2D eigenvalue weighted by molar-refractivity contribution is -0.384. The summed E-state index contributed by atoms with van der Waals surface area (Å²) in [6.45, 7) is 3.73. The number of rotatable bonds is 22. The molecule has 0 aliphatic carbocycles. The lowest BCUT2D eigenvalue weighted by atomic mass is 9.96. The molecular formula is C44H53N9O9. The standard InChI is InChI=1S/C44H53N9O9/c1-3-28(2)38(52-41(57)37(26-30-16-22-34(54)23-17-30)51-44(59)62-27-31-13-8-5-9-14-31)42(58)50-36(25-29-11-6-4-7-12-29)40(56)49-35(15-10-24-47-43(45)46)39(55)48-32-18-20-33(21-19-32)53(60)61/h4-9,11-14,16-23,28,35-38,54H,3,10,15,24-27H2,1-2H3,(H,48,55)(H,49,56)(H,50,58)(H,51,59)(H,52,57)(H4,45,46,47)/t28-,35-,36-,37-,38-/m0/s1. The summed E-state index contributed by atoms with van der Waals surface area (Å²) in [5.41, 5.74) is 7.48. The monoisotopic (exact) mass is 851 g/mol. The SMILES string of the molecule is CC[C@H](C)[C@H](NC(=O)[C@H](Cc1ccc(O)cc1)NC(=O)OCc1ccccc1)C(=O)N[C@@H](Cc1ccccc1)C(=O)N[C@@H](CCCNC(=N)N)C(=O)Nc1ccc([N+](=O)[O-])cc1. The summed E-state index contributed by atoms with van der Waals surface area (Å²) in [7, 11) is 0. The Hall–Kier alpha value is -7.50. The van der Waals surface area contributed by atoms with Crippen molar-refractivity contribution in [3.63, 3.8) is 0 Å². The first-order valence-corrected chi connectivity index (χ1v) is 20.1. The number of aromatic hydroxyl groups is 1. The van der Waals surface area contributed by atoms with Crippen molar-refractivity contribution in [1.29, 1.82) is 5.41 Å². The van der Waals surface area contributed by atoms with Gasteiger partial charge in [-0.25, -0.2) is 4.79 Å². The number of benzene rings is 4. The van der Waals surface area contributed by atoms with Crippen molar-refractivity contribution in [2.75, 3.05) is 11.9 Å². The zero-order valence-corrected chi connectivity index (χ0v) is 34.5. The molecule has 0 aromatic heterocycles. The molecule has 0 unspecified atom stereocenters. The fourth-order valence-corrected chi connectivity index (χ4v) is 6.23. The number of guanidine groups is 1. The first kappa shape index (κ1) is 47.2. The van der Waals surface area contributed by atoms with Crippen LogP contribution in [-0.2, 0) is 43.4 Å². The van der Waals surface area contributed by atoms with E-state index >= 15 is 0 Å². The molecule has 18 nitrogen and oxygen atoms in total. The van der Waals surface area contributed by atoms with Crippen LogP contribution >= 0.6 is 0 Å². The Morgan fingerprint density at radius 3 is 1.85 bits per heavy atom. The number of nitro benzene ring substituents is 1. The number of phenols is 1. The molecule has 5 atom stereocenters. The summed E-state index contributed by atoms with van der Waals surface area (Å²) >= 11 is 0. The summed E-state index contributed by atoms with van der Waals surface area (Å²) in [5, 5.41) is 44.7. The van der Waals surface area contributed by atoms with Crippen molar-refractivity contribution >= 4 is 47.1 Å². The van der Waals surface area contributed by atoms with E-state index in [4.69, 9.17) is 15.9 Å². The van der Waals surface area contributed by atoms with E-state index in [0.717, 1.165) is 5.56 Å². The van der Waals surface area contributed by atoms with Crippen LogP contribution in [0.3, 0.4) is 0 Å². The molecule has 0 radical (unpaired) electrons. The Bertz CT molecular complexity index is 2120. The number of nitrogens with one attached hydrogen (secondary N) is 7. The van der Waals surface area contributed by atoms with Crippen LogP contribution in [0.15, 0.2) is 109 Å². The number of amides is 5. The van der Waals surface area contributed by atoms with Crippen LogP contribution in [0, 0.1) is 21.4 Å². The van der Waals surface area contributed by atoms with Crippen LogP contribution in [-0.4, -0.2) is 76.4 Å². The molecule has 0 spiro atoms. The van der Waals surface area contributed by atoms with Gasteiger partial charge in [-0.15, -0.1) is 0 Å². The first-order chi connectivity index (χ1) is 29.7. The van der Waals surface area contributed by atoms with Gasteiger partial charge in [0.05, 0.1) is 4.92 Å². The van der Waals surface area contributed by atoms with Gasteiger partial charge < -0.3 is 47.5 Å². The molecule has 10 N–H and O–H groups in total. The molecule has 0 fully saturated rings. The van der Waals surface area contributed by atoms with E-state index in [2.05, 4.69) is 31.9 Å². The predicted octanol–water partition coefficient (Wildman–Crippen LogP) is 3.78. The quantitative estimate of drug-likeness (QED) is 0.0180. The van der Waals surface area contributed by atoms with Gasteiger partial charge in [0.25, 0.3) is 5.69 Å². The maximum Gasteiger partial charge on any atom is 0.408 e. The second kappa shape index (κ2) is 23.9. The third-order valence-electron chi connectivity index (χ3n) is 9.87. The van der Waals surface area contributed by atoms with Crippen molar-refractivity contribution < 1.29 is 38.7 Å². The molecule has 4 aromatic carbocycles. The highest BCUT2D eigenvalue weighted by molar-refractivity contribution is 5.99. The Morgan fingerprint density at radius 2 is 1.27 bits per heavy atom. The van der Waals surface area contributed by atoms with Gasteiger partial charge in [0.15, 0.2) is 5.96 Å². The van der Waals surface area contributed by atoms with E-state index in [1.54, 1.807) is 73.7 Å². The summed E-state index contributed by atoms with van der Waals surface area (Å²) in [5.74, 6) is -3.49. The van der Waals surface area contributed by atoms with Crippen LogP contribution in [0.1, 0.15) is 49.8 Å². The fourth-order valence-electron chi connectivity index (χ4n) is 6.23. The molecule has 0 saturated carbocycles. The number of non-ortho nitro benzene ring substituents is 1. The number of nitro groups is 1. The van der Waals surface area contributed by atoms with Crippen LogP contribution in [0.25, 0.3) is 0 Å². The molecule has 4 rings (SSSR count). The number of phenolic OH excluding ortho intramolecular Hbond substituents is 1. The highest BCUT2D eigenvalue weighted by Crippen LogP contribution is 2.17. The average molecular weight is 852 g/mol. The number of alkyl carbamates (subject to hydrolysis) is 1. The summed E-state index contributed by atoms with van der Waals surface area (Å²) < 4.78 is 5.39. The van der Waals surface area contributed by atoms with Crippen LogP contribution < -0.4 is 37.6 Å². The number of ether oxygens (including phenoxy) is 1. The van der Waals surface area contributed by atoms with Gasteiger partial charge in [0.1, 0.15) is 36.5 Å². The number of carbonyl (C=O) groups is 5. The highest BCUT2D eigenvalue weighted by Gasteiger charge is 2.34. The van der Waals surface area contributed by atoms with Crippen molar-refractivity contribution in [1.82, 2.24) is 26.6 Å². The largest absolute Gasteiger partial charge is 0.508 e. The minimum absolute atomic E-state index is 0.000454. The van der Waals surface area contributed by atoms with Gasteiger partial charge in [-0.1, -0.05) is 93.1 Å². The second-order valence-corrected chi connectivity index (χ2v) is 14.6. The molecule has 0 saturated heterocycles. The van der Waals surface area contributed by atoms with Crippen LogP contribution in [0.4, 0.5) is 16.2 Å². The lowest BCUT2D eigenvalue weighted by Crippen LogP contribution is -2.60. The van der Waals surface area contributed by atoms with E-state index in [1.165, 1.54) is 36.4 Å². The zero-order valence-electron chi connectivity index (χ0n) is 34.5. The normalized spacial score (nSPS) is 13.1. The molecule has 0 heterocycles. The predicted molar refractivity (Wildman–Crippen MR) is 232 cm³/mol. The Labute approximate surface area is 359 Å². The molecular weight excluding hydrogens is 799 g/mol. The number of anilines is 1. The van der Waals surface area contributed by atoms with Gasteiger partial charge in [0.2, 0.25) is 23.6 Å². The Morgan fingerprint density at radius 1 is 0.726 bits per heavy atom. The van der Waals surface area contributed by atoms with E-state index < -0.39 is 64.7 Å². The maximum atomic E-state index is 14.3. The van der Waals surface area contributed by atoms with E-state index in [9.17, 15) is 39.2 Å². The molecule has 62 heavy (non-hydrogen) atoms. The third kappa shape index (κ3) is 15.6. The average Bonchev–Trinajstić information content (AvgIpc) is 3.26. The number of carbonyl (C=O) groups excluding carboxylic acids is 5. The zero-order chi connectivity index (χ0) is 45.0. The fraction of sp³-hybridized carbons (Fsp3) is 0.318. The van der Waals surface area contributed by atoms with E-state index in [1.807, 2.05) is 13.0 Å². The molecule has 18 heteroatoms. The molecule has 4 aromatic rings. The highest BCUT2D eigenvalue weighted by atomic mass is 16.6. The Kier molecular flexibility index (Phi) is 18.2. The maximum absolute atomic E-state index is 14.3. The van der Waals surface area contributed by atoms with E-state index in [0.29, 0.717) is 17.5 Å². The first-order valence-electron chi connectivity index (χ1n) is 20.1. The minimum atomic E-state index is -1.25. The number of nitrogens with two attached hydrogens (primary N) is 1. The number of hydrogen-bond acceptors (Lipinski definition) is 10. The third-order valence-corrected chi connectivity index (χ3v) is 9.87. The topological polar surface area (TPSA) is 280 Å². The van der Waals surface area contributed by atoms with Crippen molar-refractivity contribution in [2.45, 2.75) is 76.7 Å². The van der Waals surface area contributed by atoms with Crippen molar-refractivity contribution in [3.8, 4) is 5.75 Å². The van der Waals surface area contributed by atoms with Gasteiger partial charge >= 0.3 is 6.09 Å². The van der Waals surface area contributed by atoms with Gasteiger partial charge in [-0.05, 0) is 59.7 Å². The van der Waals surface area contributed by atoms with Crippen LogP contribution in [0.5, 0.6) is 5.75 Å². The number of hydrogen-bond donors (Lipinski definition) is 9. The lowest BCUT2D eigenvalue weighted by Gasteiger charge is -2.29. The minimum Gasteiger partial charge on any atom is -0.508 e. The molecule has 0 aliphatic rings. The van der Waals surface area contributed by atoms with Gasteiger partial charge in [0, 0.05) is 37.2 Å². The molecule has 0 aliphatic heterocycles. The van der Waals surface area contributed by atoms with Crippen molar-refractivity contribution in [2.24, 2.45) is 11.7 Å². The second-order valence-electron chi connectivity index (χ2n) is 14.6. The summed E-state index contributed by atoms with van der Waals surface area (Å²) in [6.07, 6.45) is -0.101. The molecule has 5 amide bonds. The van der Waals surface area contributed by atoms with Crippen molar-refractivity contribution in [3.05, 3.63) is 136 Å². The van der Waals surface area contributed by atoms with Gasteiger partial charge in [-0.2, -0.15) is 0 Å². The molecule has 0 bridgehead atoms. The molecule has 328 valence electrons. The Balaban J connectivity index is 1.56. The summed E-state index contributed by atoms with van der Waals surface area (Å²) in [6, 6.07) is 24.2. The van der Waals surface area contributed by atoms with Crippen LogP contribution in [0.2, 0.25) is 0 Å². The van der Waals surface area contributed by atoms with E-state index in [-0.39, 0.29) is 61.9 Å². The number of nitrogens with zero attached hydrogens (tertiary/aromatic N) is 1.